The number of hydrogen-bond acceptors (Lipinski definition) is 0. The van der Waals surface area contributed by atoms with Crippen molar-refractivity contribution in [3.05, 3.63) is 117 Å². The van der Waals surface area contributed by atoms with Gasteiger partial charge in [0.05, 0.1) is 0 Å². The van der Waals surface area contributed by atoms with E-state index >= 15 is 0 Å². The molecule has 0 atom stereocenters. The molecule has 3 aromatic carbocycles. The molecular formula is C19H21LiSn. The fourth-order valence-corrected chi connectivity index (χ4v) is 1.15. The minimum Gasteiger partial charge on any atom is -0.358 e. The average molecular weight is 375 g/mol. The molecule has 0 unspecified atom stereocenters. The Balaban J connectivity index is -0.000000216. The minimum absolute atomic E-state index is 0. The van der Waals surface area contributed by atoms with Crippen LogP contribution < -0.4 is 18.9 Å². The standard InChI is InChI=1S/3C6H6.CH3.Li.Sn/c3*1-2-4-6-5-3-1;;;/h3*1-6H;1H3;;/q;;;-1;+1;. The van der Waals surface area contributed by atoms with E-state index < -0.39 is 0 Å². The fraction of sp³-hybridized carbons (Fsp3) is 0. The van der Waals surface area contributed by atoms with Crippen molar-refractivity contribution in [1.29, 1.82) is 0 Å². The van der Waals surface area contributed by atoms with E-state index in [9.17, 15) is 0 Å². The summed E-state index contributed by atoms with van der Waals surface area (Å²) in [7, 11) is 0. The second-order valence-electron chi connectivity index (χ2n) is 3.46. The van der Waals surface area contributed by atoms with Gasteiger partial charge in [-0.2, -0.15) is 0 Å². The molecule has 0 aromatic heterocycles. The molecule has 0 fully saturated rings. The van der Waals surface area contributed by atoms with Gasteiger partial charge in [0.1, 0.15) is 0 Å². The van der Waals surface area contributed by atoms with Gasteiger partial charge >= 0.3 is 18.9 Å². The molecule has 0 aliphatic carbocycles. The van der Waals surface area contributed by atoms with Crippen LogP contribution in [0, 0.1) is 7.43 Å². The zero-order chi connectivity index (χ0) is 12.7. The molecule has 102 valence electrons. The van der Waals surface area contributed by atoms with Crippen LogP contribution in [-0.2, 0) is 0 Å². The molecule has 0 aliphatic rings. The Labute approximate surface area is 158 Å². The zero-order valence-electron chi connectivity index (χ0n) is 12.9. The molecular weight excluding hydrogens is 354 g/mol. The average Bonchev–Trinajstić information content (AvgIpc) is 2.54. The van der Waals surface area contributed by atoms with Gasteiger partial charge in [-0.15, -0.1) is 0 Å². The quantitative estimate of drug-likeness (QED) is 0.417. The maximum Gasteiger partial charge on any atom is 1.00 e. The topological polar surface area (TPSA) is 0 Å². The van der Waals surface area contributed by atoms with Crippen molar-refractivity contribution in [3.8, 4) is 0 Å². The van der Waals surface area contributed by atoms with Crippen molar-refractivity contribution in [2.24, 2.45) is 0 Å². The summed E-state index contributed by atoms with van der Waals surface area (Å²) in [5.41, 5.74) is 0. The van der Waals surface area contributed by atoms with Crippen LogP contribution in [0.25, 0.3) is 0 Å². The molecule has 2 heteroatoms. The maximum atomic E-state index is 2.00. The first kappa shape index (κ1) is 25.0. The number of benzene rings is 3. The Morgan fingerprint density at radius 2 is 0.286 bits per heavy atom. The summed E-state index contributed by atoms with van der Waals surface area (Å²) in [6.45, 7) is 0. The first-order valence-electron chi connectivity index (χ1n) is 6.00. The van der Waals surface area contributed by atoms with Crippen LogP contribution in [0.1, 0.15) is 0 Å². The Kier molecular flexibility index (Phi) is 25.5. The second-order valence-corrected chi connectivity index (χ2v) is 3.46. The molecule has 0 heterocycles. The third-order valence-electron chi connectivity index (χ3n) is 2.00. The van der Waals surface area contributed by atoms with E-state index in [0.29, 0.717) is 0 Å². The minimum atomic E-state index is 0. The van der Waals surface area contributed by atoms with Gasteiger partial charge in [-0.25, -0.2) is 0 Å². The summed E-state index contributed by atoms with van der Waals surface area (Å²) in [5.74, 6) is 0. The van der Waals surface area contributed by atoms with E-state index in [0.717, 1.165) is 0 Å². The van der Waals surface area contributed by atoms with E-state index in [1.807, 2.05) is 109 Å². The van der Waals surface area contributed by atoms with Crippen LogP contribution in [0.5, 0.6) is 0 Å². The van der Waals surface area contributed by atoms with Gasteiger partial charge in [-0.05, 0) is 0 Å². The monoisotopic (exact) mass is 376 g/mol. The Hall–Kier alpha value is -0.944. The van der Waals surface area contributed by atoms with Crippen LogP contribution >= 0.6 is 0 Å². The summed E-state index contributed by atoms with van der Waals surface area (Å²) < 4.78 is 0. The molecule has 0 amide bonds. The van der Waals surface area contributed by atoms with Crippen LogP contribution in [0.3, 0.4) is 0 Å². The van der Waals surface area contributed by atoms with Crippen molar-refractivity contribution in [3.63, 3.8) is 0 Å². The molecule has 0 saturated heterocycles. The van der Waals surface area contributed by atoms with Crippen molar-refractivity contribution in [2.75, 3.05) is 0 Å². The van der Waals surface area contributed by atoms with Gasteiger partial charge < -0.3 is 7.43 Å². The second kappa shape index (κ2) is 21.4. The van der Waals surface area contributed by atoms with E-state index in [1.54, 1.807) is 0 Å². The van der Waals surface area contributed by atoms with Crippen molar-refractivity contribution < 1.29 is 18.9 Å². The molecule has 4 radical (unpaired) electrons. The fourth-order valence-electron chi connectivity index (χ4n) is 1.15. The van der Waals surface area contributed by atoms with E-state index in [1.165, 1.54) is 0 Å². The number of rotatable bonds is 0. The first-order chi connectivity index (χ1) is 9.00. The van der Waals surface area contributed by atoms with E-state index in [2.05, 4.69) is 0 Å². The maximum absolute atomic E-state index is 2.00. The molecule has 0 saturated carbocycles. The SMILES string of the molecule is [CH3-].[Li+].[Sn].c1ccccc1.c1ccccc1.c1ccccc1. The van der Waals surface area contributed by atoms with Gasteiger partial charge in [-0.1, -0.05) is 109 Å². The third kappa shape index (κ3) is 19.1. The van der Waals surface area contributed by atoms with Gasteiger partial charge in [-0.3, -0.25) is 0 Å². The van der Waals surface area contributed by atoms with Crippen LogP contribution in [0.2, 0.25) is 0 Å². The smallest absolute Gasteiger partial charge is 0.358 e. The summed E-state index contributed by atoms with van der Waals surface area (Å²) in [4.78, 5) is 0. The molecule has 0 nitrogen and oxygen atoms in total. The summed E-state index contributed by atoms with van der Waals surface area (Å²) in [6.07, 6.45) is 0. The Morgan fingerprint density at radius 3 is 0.333 bits per heavy atom. The predicted octanol–water partition coefficient (Wildman–Crippen LogP) is 2.13. The zero-order valence-corrected chi connectivity index (χ0v) is 15.7. The van der Waals surface area contributed by atoms with Crippen LogP contribution in [-0.4, -0.2) is 23.9 Å². The molecule has 0 N–H and O–H groups in total. The molecule has 0 spiro atoms. The Bertz CT molecular complexity index is 302. The Morgan fingerprint density at radius 1 is 0.238 bits per heavy atom. The molecule has 3 aromatic rings. The van der Waals surface area contributed by atoms with Gasteiger partial charge in [0.2, 0.25) is 0 Å². The largest absolute Gasteiger partial charge is 1.00 e. The van der Waals surface area contributed by atoms with E-state index in [4.69, 9.17) is 0 Å². The van der Waals surface area contributed by atoms with Crippen LogP contribution in [0.4, 0.5) is 0 Å². The van der Waals surface area contributed by atoms with Crippen molar-refractivity contribution >= 4 is 23.9 Å². The van der Waals surface area contributed by atoms with Crippen molar-refractivity contribution in [2.45, 2.75) is 0 Å². The third-order valence-corrected chi connectivity index (χ3v) is 2.00. The molecule has 21 heavy (non-hydrogen) atoms. The van der Waals surface area contributed by atoms with Crippen LogP contribution in [0.15, 0.2) is 109 Å². The predicted molar refractivity (Wildman–Crippen MR) is 91.5 cm³/mol. The van der Waals surface area contributed by atoms with Crippen molar-refractivity contribution in [1.82, 2.24) is 0 Å². The van der Waals surface area contributed by atoms with Gasteiger partial charge in [0.25, 0.3) is 0 Å². The first-order valence-corrected chi connectivity index (χ1v) is 6.00. The summed E-state index contributed by atoms with van der Waals surface area (Å²) in [6, 6.07) is 36.0. The normalized spacial score (nSPS) is 6.86. The van der Waals surface area contributed by atoms with Gasteiger partial charge in [0, 0.05) is 23.9 Å². The molecule has 0 bridgehead atoms. The summed E-state index contributed by atoms with van der Waals surface area (Å²) >= 11 is 0. The number of hydrogen-bond donors (Lipinski definition) is 0. The molecule has 3 rings (SSSR count). The van der Waals surface area contributed by atoms with E-state index in [-0.39, 0.29) is 50.2 Å². The molecule has 0 aliphatic heterocycles. The summed E-state index contributed by atoms with van der Waals surface area (Å²) in [5, 5.41) is 0. The van der Waals surface area contributed by atoms with Gasteiger partial charge in [0.15, 0.2) is 0 Å².